The molecule has 3 rings (SSSR count). The van der Waals surface area contributed by atoms with E-state index < -0.39 is 0 Å². The molecule has 1 N–H and O–H groups in total. The minimum absolute atomic E-state index is 0.240. The van der Waals surface area contributed by atoms with Gasteiger partial charge in [0.05, 0.1) is 7.11 Å². The van der Waals surface area contributed by atoms with Crippen molar-refractivity contribution >= 4 is 17.4 Å². The fraction of sp³-hybridized carbons (Fsp3) is 0.0714. The molecule has 6 nitrogen and oxygen atoms in total. The van der Waals surface area contributed by atoms with Crippen LogP contribution in [0, 0.1) is 0 Å². The molecule has 0 bridgehead atoms. The third-order valence-electron chi connectivity index (χ3n) is 2.87. The Hall–Kier alpha value is -2.89. The molecule has 0 saturated heterocycles. The maximum absolute atomic E-state index is 12.2. The number of fused-ring (bicyclic) bond motifs is 1. The van der Waals surface area contributed by atoms with Gasteiger partial charge in [0.2, 0.25) is 0 Å². The second-order valence-electron chi connectivity index (χ2n) is 4.14. The van der Waals surface area contributed by atoms with Crippen LogP contribution in [0.3, 0.4) is 0 Å². The number of carbonyl (C=O) groups excluding carboxylic acids is 1. The Morgan fingerprint density at radius 2 is 2.10 bits per heavy atom. The highest BCUT2D eigenvalue weighted by atomic mass is 16.5. The Morgan fingerprint density at radius 1 is 1.20 bits per heavy atom. The fourth-order valence-corrected chi connectivity index (χ4v) is 1.85. The number of pyridine rings is 2. The molecule has 3 aromatic rings. The van der Waals surface area contributed by atoms with Crippen molar-refractivity contribution in [2.45, 2.75) is 0 Å². The highest BCUT2D eigenvalue weighted by Gasteiger charge is 2.08. The van der Waals surface area contributed by atoms with Gasteiger partial charge < -0.3 is 14.5 Å². The number of methoxy groups -OCH3 is 1. The van der Waals surface area contributed by atoms with Gasteiger partial charge in [-0.3, -0.25) is 4.79 Å². The van der Waals surface area contributed by atoms with Crippen LogP contribution in [-0.4, -0.2) is 27.4 Å². The number of imidazole rings is 1. The molecule has 0 radical (unpaired) electrons. The number of rotatable bonds is 3. The van der Waals surface area contributed by atoms with Crippen molar-refractivity contribution in [3.63, 3.8) is 0 Å². The summed E-state index contributed by atoms with van der Waals surface area (Å²) in [6.45, 7) is 0. The monoisotopic (exact) mass is 268 g/mol. The van der Waals surface area contributed by atoms with E-state index in [4.69, 9.17) is 4.74 Å². The zero-order chi connectivity index (χ0) is 13.9. The number of amides is 1. The minimum Gasteiger partial charge on any atom is -0.497 e. The number of ether oxygens (including phenoxy) is 1. The molecule has 0 spiro atoms. The predicted octanol–water partition coefficient (Wildman–Crippen LogP) is 1.99. The van der Waals surface area contributed by atoms with Crippen LogP contribution < -0.4 is 10.1 Å². The van der Waals surface area contributed by atoms with Crippen molar-refractivity contribution in [3.8, 4) is 5.75 Å². The van der Waals surface area contributed by atoms with Crippen LogP contribution in [-0.2, 0) is 0 Å². The van der Waals surface area contributed by atoms with E-state index in [2.05, 4.69) is 15.3 Å². The van der Waals surface area contributed by atoms with E-state index in [-0.39, 0.29) is 5.91 Å². The van der Waals surface area contributed by atoms with Crippen molar-refractivity contribution in [1.82, 2.24) is 14.4 Å². The quantitative estimate of drug-likeness (QED) is 0.788. The molecule has 0 unspecified atom stereocenters. The molecule has 3 heterocycles. The van der Waals surface area contributed by atoms with Crippen LogP contribution in [0.4, 0.5) is 5.82 Å². The highest BCUT2D eigenvalue weighted by Crippen LogP contribution is 2.15. The van der Waals surface area contributed by atoms with Crippen molar-refractivity contribution in [2.75, 3.05) is 12.4 Å². The van der Waals surface area contributed by atoms with Gasteiger partial charge in [-0.05, 0) is 18.2 Å². The van der Waals surface area contributed by atoms with Crippen molar-refractivity contribution in [2.24, 2.45) is 0 Å². The Kier molecular flexibility index (Phi) is 3.04. The molecule has 100 valence electrons. The summed E-state index contributed by atoms with van der Waals surface area (Å²) in [4.78, 5) is 20.4. The normalized spacial score (nSPS) is 10.4. The van der Waals surface area contributed by atoms with E-state index in [1.165, 1.54) is 0 Å². The second kappa shape index (κ2) is 5.00. The lowest BCUT2D eigenvalue weighted by Gasteiger charge is -2.06. The van der Waals surface area contributed by atoms with Gasteiger partial charge in [0.25, 0.3) is 5.91 Å². The number of hydrogen-bond donors (Lipinski definition) is 1. The molecule has 0 aliphatic heterocycles. The summed E-state index contributed by atoms with van der Waals surface area (Å²) in [5, 5.41) is 2.72. The summed E-state index contributed by atoms with van der Waals surface area (Å²) in [6, 6.07) is 6.82. The maximum Gasteiger partial charge on any atom is 0.257 e. The Labute approximate surface area is 115 Å². The highest BCUT2D eigenvalue weighted by molar-refractivity contribution is 6.04. The number of nitrogens with one attached hydrogen (secondary N) is 1. The van der Waals surface area contributed by atoms with Gasteiger partial charge in [-0.2, -0.15) is 0 Å². The molecule has 0 saturated carbocycles. The first kappa shape index (κ1) is 12.2. The summed E-state index contributed by atoms with van der Waals surface area (Å²) in [6.07, 6.45) is 6.86. The second-order valence-corrected chi connectivity index (χ2v) is 4.14. The van der Waals surface area contributed by atoms with E-state index in [9.17, 15) is 4.79 Å². The molecule has 20 heavy (non-hydrogen) atoms. The summed E-state index contributed by atoms with van der Waals surface area (Å²) >= 11 is 0. The van der Waals surface area contributed by atoms with E-state index in [0.717, 1.165) is 5.65 Å². The van der Waals surface area contributed by atoms with Gasteiger partial charge in [0.15, 0.2) is 0 Å². The first-order valence-electron chi connectivity index (χ1n) is 6.00. The molecule has 0 atom stereocenters. The molecule has 0 aromatic carbocycles. The molecule has 6 heteroatoms. The molecule has 3 aromatic heterocycles. The van der Waals surface area contributed by atoms with Gasteiger partial charge in [-0.1, -0.05) is 0 Å². The molecule has 0 aliphatic rings. The minimum atomic E-state index is -0.240. The SMILES string of the molecule is COc1ccnc(NC(=O)c2ccn3ccnc3c2)c1. The average Bonchev–Trinajstić information content (AvgIpc) is 2.94. The molecular weight excluding hydrogens is 256 g/mol. The van der Waals surface area contributed by atoms with Crippen LogP contribution in [0.25, 0.3) is 5.65 Å². The van der Waals surface area contributed by atoms with E-state index in [1.54, 1.807) is 50.0 Å². The fourth-order valence-electron chi connectivity index (χ4n) is 1.85. The molecule has 0 aliphatic carbocycles. The van der Waals surface area contributed by atoms with Gasteiger partial charge in [-0.25, -0.2) is 9.97 Å². The predicted molar refractivity (Wildman–Crippen MR) is 73.9 cm³/mol. The van der Waals surface area contributed by atoms with Crippen molar-refractivity contribution < 1.29 is 9.53 Å². The molecule has 0 fully saturated rings. The van der Waals surface area contributed by atoms with Crippen LogP contribution in [0.1, 0.15) is 10.4 Å². The topological polar surface area (TPSA) is 68.5 Å². The standard InChI is InChI=1S/C14H12N4O2/c1-20-11-2-4-15-12(9-11)17-14(19)10-3-6-18-7-5-16-13(18)8-10/h2-9H,1H3,(H,15,17,19). The van der Waals surface area contributed by atoms with Gasteiger partial charge in [0, 0.05) is 36.4 Å². The number of aromatic nitrogens is 3. The first-order chi connectivity index (χ1) is 9.76. The first-order valence-corrected chi connectivity index (χ1v) is 6.00. The van der Waals surface area contributed by atoms with Crippen LogP contribution in [0.15, 0.2) is 49.1 Å². The smallest absolute Gasteiger partial charge is 0.257 e. The van der Waals surface area contributed by atoms with Crippen molar-refractivity contribution in [3.05, 3.63) is 54.6 Å². The number of carbonyl (C=O) groups is 1. The lowest BCUT2D eigenvalue weighted by atomic mass is 10.2. The van der Waals surface area contributed by atoms with Crippen LogP contribution >= 0.6 is 0 Å². The number of anilines is 1. The average molecular weight is 268 g/mol. The third-order valence-corrected chi connectivity index (χ3v) is 2.87. The number of hydrogen-bond acceptors (Lipinski definition) is 4. The summed E-state index contributed by atoms with van der Waals surface area (Å²) in [7, 11) is 1.56. The van der Waals surface area contributed by atoms with Crippen LogP contribution in [0.5, 0.6) is 5.75 Å². The van der Waals surface area contributed by atoms with Gasteiger partial charge >= 0.3 is 0 Å². The lowest BCUT2D eigenvalue weighted by Crippen LogP contribution is -2.13. The van der Waals surface area contributed by atoms with Gasteiger partial charge in [0.1, 0.15) is 17.2 Å². The zero-order valence-corrected chi connectivity index (χ0v) is 10.8. The maximum atomic E-state index is 12.2. The zero-order valence-electron chi connectivity index (χ0n) is 10.8. The Morgan fingerprint density at radius 3 is 2.95 bits per heavy atom. The van der Waals surface area contributed by atoms with E-state index in [1.807, 2.05) is 10.6 Å². The molecule has 1 amide bonds. The van der Waals surface area contributed by atoms with Gasteiger partial charge in [-0.15, -0.1) is 0 Å². The molecular formula is C14H12N4O2. The van der Waals surface area contributed by atoms with E-state index >= 15 is 0 Å². The Bertz CT molecular complexity index is 766. The third kappa shape index (κ3) is 2.31. The van der Waals surface area contributed by atoms with Crippen molar-refractivity contribution in [1.29, 1.82) is 0 Å². The van der Waals surface area contributed by atoms with E-state index in [0.29, 0.717) is 17.1 Å². The Balaban J connectivity index is 1.84. The largest absolute Gasteiger partial charge is 0.497 e. The lowest BCUT2D eigenvalue weighted by molar-refractivity contribution is 0.102. The number of nitrogens with zero attached hydrogens (tertiary/aromatic N) is 3. The summed E-state index contributed by atoms with van der Waals surface area (Å²) in [5.41, 5.74) is 1.24. The summed E-state index contributed by atoms with van der Waals surface area (Å²) in [5.74, 6) is 0.841. The summed E-state index contributed by atoms with van der Waals surface area (Å²) < 4.78 is 6.92. The van der Waals surface area contributed by atoms with Crippen LogP contribution in [0.2, 0.25) is 0 Å².